The highest BCUT2D eigenvalue weighted by Crippen LogP contribution is 2.32. The molecule has 71 valence electrons. The maximum absolute atomic E-state index is 12.8. The van der Waals surface area contributed by atoms with E-state index in [0.29, 0.717) is 6.54 Å². The first-order chi connectivity index (χ1) is 5.41. The number of halogens is 2. The lowest BCUT2D eigenvalue weighted by atomic mass is 10.2. The van der Waals surface area contributed by atoms with E-state index in [1.54, 1.807) is 0 Å². The Labute approximate surface area is 72.7 Å². The molecule has 1 radical (unpaired) electrons. The van der Waals surface area contributed by atoms with Crippen molar-refractivity contribution in [1.82, 2.24) is 4.90 Å². The standard InChI is InChI=1S/C9H16F2N/c1-7(2)5-12-6-9(10,11)4-8(12)3/h8H,4-6H2,1-3H3/t8-/m0/s1. The fourth-order valence-electron chi connectivity index (χ4n) is 1.70. The zero-order chi connectivity index (χ0) is 9.35. The first-order valence-electron chi connectivity index (χ1n) is 4.31. The van der Waals surface area contributed by atoms with Crippen molar-refractivity contribution in [3.8, 4) is 0 Å². The summed E-state index contributed by atoms with van der Waals surface area (Å²) in [6.07, 6.45) is 0.0142. The summed E-state index contributed by atoms with van der Waals surface area (Å²) < 4.78 is 25.7. The normalized spacial score (nSPS) is 30.0. The Balaban J connectivity index is 2.47. The van der Waals surface area contributed by atoms with E-state index in [0.717, 1.165) is 0 Å². The molecular weight excluding hydrogens is 160 g/mol. The third-order valence-corrected chi connectivity index (χ3v) is 2.17. The van der Waals surface area contributed by atoms with Crippen LogP contribution in [0.1, 0.15) is 27.2 Å². The molecule has 1 nitrogen and oxygen atoms in total. The van der Waals surface area contributed by atoms with Gasteiger partial charge < -0.3 is 0 Å². The van der Waals surface area contributed by atoms with Crippen molar-refractivity contribution in [3.05, 3.63) is 5.92 Å². The first kappa shape index (κ1) is 9.90. The van der Waals surface area contributed by atoms with E-state index < -0.39 is 5.92 Å². The number of likely N-dealkylation sites (tertiary alicyclic amines) is 1. The maximum atomic E-state index is 12.8. The zero-order valence-electron chi connectivity index (χ0n) is 7.90. The molecule has 0 spiro atoms. The van der Waals surface area contributed by atoms with Crippen molar-refractivity contribution in [2.75, 3.05) is 13.1 Å². The van der Waals surface area contributed by atoms with Crippen LogP contribution in [0.2, 0.25) is 0 Å². The second-order valence-electron chi connectivity index (χ2n) is 4.02. The van der Waals surface area contributed by atoms with Gasteiger partial charge in [-0.25, -0.2) is 8.78 Å². The van der Waals surface area contributed by atoms with E-state index in [1.165, 1.54) is 5.92 Å². The summed E-state index contributed by atoms with van der Waals surface area (Å²) in [4.78, 5) is 1.84. The minimum absolute atomic E-state index is 0.0142. The Bertz CT molecular complexity index is 157. The van der Waals surface area contributed by atoms with Gasteiger partial charge in [0.15, 0.2) is 0 Å². The van der Waals surface area contributed by atoms with Crippen molar-refractivity contribution in [3.63, 3.8) is 0 Å². The highest BCUT2D eigenvalue weighted by atomic mass is 19.3. The van der Waals surface area contributed by atoms with Crippen LogP contribution in [0.4, 0.5) is 8.78 Å². The van der Waals surface area contributed by atoms with Crippen LogP contribution < -0.4 is 0 Å². The monoisotopic (exact) mass is 176 g/mol. The molecule has 0 amide bonds. The minimum atomic E-state index is -2.46. The number of hydrogen-bond acceptors (Lipinski definition) is 1. The Kier molecular flexibility index (Phi) is 2.71. The quantitative estimate of drug-likeness (QED) is 0.624. The molecule has 0 aliphatic carbocycles. The molecule has 0 aromatic carbocycles. The van der Waals surface area contributed by atoms with Gasteiger partial charge in [0.05, 0.1) is 6.54 Å². The average molecular weight is 176 g/mol. The summed E-state index contributed by atoms with van der Waals surface area (Å²) in [6, 6.07) is 0.0231. The van der Waals surface area contributed by atoms with Gasteiger partial charge in [0.2, 0.25) is 0 Å². The van der Waals surface area contributed by atoms with Crippen LogP contribution in [0.3, 0.4) is 0 Å². The molecule has 1 heterocycles. The molecule has 1 atom stereocenters. The molecule has 0 saturated carbocycles. The Morgan fingerprint density at radius 3 is 2.42 bits per heavy atom. The fourth-order valence-corrected chi connectivity index (χ4v) is 1.70. The molecule has 1 fully saturated rings. The summed E-state index contributed by atoms with van der Waals surface area (Å²) in [7, 11) is 0. The van der Waals surface area contributed by atoms with E-state index in [4.69, 9.17) is 0 Å². The van der Waals surface area contributed by atoms with E-state index in [9.17, 15) is 8.78 Å². The molecule has 0 unspecified atom stereocenters. The molecule has 12 heavy (non-hydrogen) atoms. The molecule has 3 heteroatoms. The second-order valence-corrected chi connectivity index (χ2v) is 4.02. The van der Waals surface area contributed by atoms with Gasteiger partial charge in [-0.05, 0) is 12.8 Å². The SMILES string of the molecule is C[C](C)CN1CC(F)(F)C[C@@H]1C. The fraction of sp³-hybridized carbons (Fsp3) is 0.889. The average Bonchev–Trinajstić information content (AvgIpc) is 2.03. The maximum Gasteiger partial charge on any atom is 0.262 e. The molecule has 1 aliphatic heterocycles. The van der Waals surface area contributed by atoms with Gasteiger partial charge in [0.1, 0.15) is 0 Å². The van der Waals surface area contributed by atoms with E-state index >= 15 is 0 Å². The third kappa shape index (κ3) is 2.41. The first-order valence-corrected chi connectivity index (χ1v) is 4.31. The van der Waals surface area contributed by atoms with Crippen LogP contribution in [-0.4, -0.2) is 30.0 Å². The molecule has 0 aromatic heterocycles. The lowest BCUT2D eigenvalue weighted by Crippen LogP contribution is -2.31. The van der Waals surface area contributed by atoms with Gasteiger partial charge >= 0.3 is 0 Å². The second kappa shape index (κ2) is 3.29. The third-order valence-electron chi connectivity index (χ3n) is 2.17. The predicted molar refractivity (Wildman–Crippen MR) is 45.2 cm³/mol. The van der Waals surface area contributed by atoms with Gasteiger partial charge in [-0.15, -0.1) is 0 Å². The largest absolute Gasteiger partial charge is 0.294 e. The van der Waals surface area contributed by atoms with Gasteiger partial charge in [-0.1, -0.05) is 13.8 Å². The molecule has 0 N–H and O–H groups in total. The van der Waals surface area contributed by atoms with Gasteiger partial charge in [-0.3, -0.25) is 4.90 Å². The van der Waals surface area contributed by atoms with E-state index in [2.05, 4.69) is 0 Å². The number of rotatable bonds is 2. The van der Waals surface area contributed by atoms with Crippen LogP contribution in [0, 0.1) is 5.92 Å². The smallest absolute Gasteiger partial charge is 0.262 e. The van der Waals surface area contributed by atoms with Crippen molar-refractivity contribution in [2.45, 2.75) is 39.2 Å². The van der Waals surface area contributed by atoms with Crippen molar-refractivity contribution >= 4 is 0 Å². The highest BCUT2D eigenvalue weighted by molar-refractivity contribution is 4.93. The van der Waals surface area contributed by atoms with Gasteiger partial charge in [0, 0.05) is 19.0 Å². The van der Waals surface area contributed by atoms with Crippen LogP contribution >= 0.6 is 0 Å². The minimum Gasteiger partial charge on any atom is -0.294 e. The van der Waals surface area contributed by atoms with Crippen molar-refractivity contribution in [2.24, 2.45) is 0 Å². The van der Waals surface area contributed by atoms with Gasteiger partial charge in [0.25, 0.3) is 5.92 Å². The number of nitrogens with zero attached hydrogens (tertiary/aromatic N) is 1. The van der Waals surface area contributed by atoms with E-state index in [-0.39, 0.29) is 19.0 Å². The Morgan fingerprint density at radius 2 is 2.08 bits per heavy atom. The Hall–Kier alpha value is -0.180. The molecule has 1 saturated heterocycles. The number of hydrogen-bond donors (Lipinski definition) is 0. The molecule has 1 rings (SSSR count). The lowest BCUT2D eigenvalue weighted by molar-refractivity contribution is 0.0125. The molecule has 0 bridgehead atoms. The Morgan fingerprint density at radius 1 is 1.50 bits per heavy atom. The van der Waals surface area contributed by atoms with Crippen molar-refractivity contribution < 1.29 is 8.78 Å². The molecular formula is C9H16F2N. The van der Waals surface area contributed by atoms with Crippen molar-refractivity contribution in [1.29, 1.82) is 0 Å². The summed E-state index contributed by atoms with van der Waals surface area (Å²) in [5.41, 5.74) is 0. The van der Waals surface area contributed by atoms with Crippen LogP contribution in [0.5, 0.6) is 0 Å². The summed E-state index contributed by atoms with van der Waals surface area (Å²) >= 11 is 0. The topological polar surface area (TPSA) is 3.24 Å². The van der Waals surface area contributed by atoms with Gasteiger partial charge in [-0.2, -0.15) is 0 Å². The molecule has 1 aliphatic rings. The number of alkyl halides is 2. The lowest BCUT2D eigenvalue weighted by Gasteiger charge is -2.21. The van der Waals surface area contributed by atoms with Crippen LogP contribution in [-0.2, 0) is 0 Å². The van der Waals surface area contributed by atoms with Crippen LogP contribution in [0.25, 0.3) is 0 Å². The highest BCUT2D eigenvalue weighted by Gasteiger charge is 2.42. The predicted octanol–water partition coefficient (Wildman–Crippen LogP) is 2.33. The molecule has 0 aromatic rings. The van der Waals surface area contributed by atoms with Crippen LogP contribution in [0.15, 0.2) is 0 Å². The zero-order valence-corrected chi connectivity index (χ0v) is 7.90. The summed E-state index contributed by atoms with van der Waals surface area (Å²) in [5.74, 6) is -1.27. The summed E-state index contributed by atoms with van der Waals surface area (Å²) in [6.45, 7) is 6.45. The van der Waals surface area contributed by atoms with E-state index in [1.807, 2.05) is 25.7 Å². The summed E-state index contributed by atoms with van der Waals surface area (Å²) in [5, 5.41) is 0.